The average molecular weight is 351 g/mol. The number of rotatable bonds is 6. The number of nitrogens with zero attached hydrogens (tertiary/aromatic N) is 1. The van der Waals surface area contributed by atoms with Gasteiger partial charge in [-0.25, -0.2) is 4.79 Å². The Labute approximate surface area is 148 Å². The Hall–Kier alpha value is -3.74. The Morgan fingerprint density at radius 3 is 2.50 bits per heavy atom. The van der Waals surface area contributed by atoms with Crippen LogP contribution in [0.1, 0.15) is 20.7 Å². The maximum absolute atomic E-state index is 12.2. The number of esters is 1. The first kappa shape index (κ1) is 17.1. The minimum absolute atomic E-state index is 0.108. The lowest BCUT2D eigenvalue weighted by atomic mass is 10.1. The molecule has 0 saturated heterocycles. The third kappa shape index (κ3) is 3.84. The molecular weight excluding hydrogens is 338 g/mol. The maximum Gasteiger partial charge on any atom is 0.338 e. The number of carbonyl (C=O) groups is 2. The molecule has 0 aliphatic carbocycles. The van der Waals surface area contributed by atoms with Gasteiger partial charge in [-0.1, -0.05) is 24.3 Å². The summed E-state index contributed by atoms with van der Waals surface area (Å²) >= 11 is 0. The number of hydrogen-bond acceptors (Lipinski definition) is 6. The number of nitro benzene ring substituents is 1. The van der Waals surface area contributed by atoms with E-state index in [0.717, 1.165) is 6.07 Å². The van der Waals surface area contributed by atoms with Crippen LogP contribution in [0.5, 0.6) is 0 Å². The molecule has 0 unspecified atom stereocenters. The van der Waals surface area contributed by atoms with Gasteiger partial charge in [-0.3, -0.25) is 14.9 Å². The standard InChI is InChI=1S/C19H13NO6/c21-17(13-4-2-7-16(11-13)20(23)24)12-26-19(22)15-6-1-5-14(10-15)18-8-3-9-25-18/h1-11H,12H2. The number of Topliss-reactive ketones (excluding diaryl/α,β-unsaturated/α-hetero) is 1. The number of furan rings is 1. The van der Waals surface area contributed by atoms with E-state index in [-0.39, 0.29) is 16.8 Å². The van der Waals surface area contributed by atoms with Gasteiger partial charge in [0.15, 0.2) is 6.61 Å². The molecule has 0 N–H and O–H groups in total. The first-order valence-corrected chi connectivity index (χ1v) is 7.63. The van der Waals surface area contributed by atoms with Crippen LogP contribution in [0.25, 0.3) is 11.3 Å². The smallest absolute Gasteiger partial charge is 0.338 e. The van der Waals surface area contributed by atoms with Gasteiger partial charge in [-0.2, -0.15) is 0 Å². The fraction of sp³-hybridized carbons (Fsp3) is 0.0526. The van der Waals surface area contributed by atoms with Crippen LogP contribution in [0.3, 0.4) is 0 Å². The molecule has 2 aromatic carbocycles. The van der Waals surface area contributed by atoms with Gasteiger partial charge in [0.25, 0.3) is 5.69 Å². The van der Waals surface area contributed by atoms with Crippen molar-refractivity contribution in [2.45, 2.75) is 0 Å². The Morgan fingerprint density at radius 1 is 1.00 bits per heavy atom. The lowest BCUT2D eigenvalue weighted by molar-refractivity contribution is -0.384. The van der Waals surface area contributed by atoms with E-state index in [2.05, 4.69) is 0 Å². The molecule has 1 aromatic heterocycles. The van der Waals surface area contributed by atoms with Crippen LogP contribution in [0.2, 0.25) is 0 Å². The summed E-state index contributed by atoms with van der Waals surface area (Å²) in [6.07, 6.45) is 1.53. The number of carbonyl (C=O) groups excluding carboxylic acids is 2. The van der Waals surface area contributed by atoms with Crippen molar-refractivity contribution in [2.24, 2.45) is 0 Å². The third-order valence-electron chi connectivity index (χ3n) is 3.62. The number of non-ortho nitro benzene ring substituents is 1. The van der Waals surface area contributed by atoms with Gasteiger partial charge >= 0.3 is 5.97 Å². The van der Waals surface area contributed by atoms with Crippen molar-refractivity contribution in [3.05, 3.63) is 88.2 Å². The van der Waals surface area contributed by atoms with Gasteiger partial charge in [0.05, 0.1) is 16.7 Å². The Morgan fingerprint density at radius 2 is 1.77 bits per heavy atom. The van der Waals surface area contributed by atoms with Crippen LogP contribution in [0.4, 0.5) is 5.69 Å². The molecule has 0 bridgehead atoms. The van der Waals surface area contributed by atoms with Gasteiger partial charge in [-0.05, 0) is 24.3 Å². The van der Waals surface area contributed by atoms with Gasteiger partial charge in [0, 0.05) is 23.3 Å². The molecule has 26 heavy (non-hydrogen) atoms. The topological polar surface area (TPSA) is 99.7 Å². The summed E-state index contributed by atoms with van der Waals surface area (Å²) in [5.74, 6) is -0.589. The largest absolute Gasteiger partial charge is 0.464 e. The summed E-state index contributed by atoms with van der Waals surface area (Å²) in [5, 5.41) is 10.8. The molecule has 1 heterocycles. The Kier molecular flexibility index (Phi) is 4.89. The number of nitro groups is 1. The molecule has 130 valence electrons. The first-order chi connectivity index (χ1) is 12.5. The lowest BCUT2D eigenvalue weighted by Gasteiger charge is -2.06. The highest BCUT2D eigenvalue weighted by Gasteiger charge is 2.15. The van der Waals surface area contributed by atoms with E-state index in [4.69, 9.17) is 9.15 Å². The highest BCUT2D eigenvalue weighted by atomic mass is 16.6. The lowest BCUT2D eigenvalue weighted by Crippen LogP contribution is -2.14. The fourth-order valence-corrected chi connectivity index (χ4v) is 2.33. The second kappa shape index (κ2) is 7.43. The molecular formula is C19H13NO6. The van der Waals surface area contributed by atoms with Crippen molar-refractivity contribution in [3.63, 3.8) is 0 Å². The zero-order valence-corrected chi connectivity index (χ0v) is 13.5. The van der Waals surface area contributed by atoms with Crippen LogP contribution >= 0.6 is 0 Å². The van der Waals surface area contributed by atoms with Gasteiger partial charge in [0.2, 0.25) is 5.78 Å². The average Bonchev–Trinajstić information content (AvgIpc) is 3.21. The summed E-state index contributed by atoms with van der Waals surface area (Å²) in [6.45, 7) is -0.509. The number of benzene rings is 2. The molecule has 0 saturated carbocycles. The summed E-state index contributed by atoms with van der Waals surface area (Å²) < 4.78 is 10.3. The first-order valence-electron chi connectivity index (χ1n) is 7.63. The van der Waals surface area contributed by atoms with Crippen LogP contribution in [-0.2, 0) is 4.74 Å². The Bertz CT molecular complexity index is 962. The molecule has 0 amide bonds. The molecule has 3 rings (SSSR count). The van der Waals surface area contributed by atoms with Gasteiger partial charge in [0.1, 0.15) is 5.76 Å². The number of ketones is 1. The molecule has 7 heteroatoms. The predicted octanol–water partition coefficient (Wildman–Crippen LogP) is 3.89. The summed E-state index contributed by atoms with van der Waals surface area (Å²) in [6, 6.07) is 15.4. The maximum atomic E-state index is 12.2. The van der Waals surface area contributed by atoms with E-state index in [1.807, 2.05) is 0 Å². The second-order valence-corrected chi connectivity index (χ2v) is 5.36. The predicted molar refractivity (Wildman–Crippen MR) is 91.9 cm³/mol. The highest BCUT2D eigenvalue weighted by Crippen LogP contribution is 2.21. The fourth-order valence-electron chi connectivity index (χ4n) is 2.33. The van der Waals surface area contributed by atoms with Crippen LogP contribution in [0, 0.1) is 10.1 Å². The van der Waals surface area contributed by atoms with E-state index in [0.29, 0.717) is 11.3 Å². The summed E-state index contributed by atoms with van der Waals surface area (Å²) in [5.41, 5.74) is 0.880. The molecule has 3 aromatic rings. The van der Waals surface area contributed by atoms with E-state index in [1.54, 1.807) is 36.4 Å². The minimum atomic E-state index is -0.669. The monoisotopic (exact) mass is 351 g/mol. The SMILES string of the molecule is O=C(COC(=O)c1cccc(-c2ccco2)c1)c1cccc([N+](=O)[O-])c1. The minimum Gasteiger partial charge on any atom is -0.464 e. The van der Waals surface area contributed by atoms with Crippen LogP contribution in [-0.4, -0.2) is 23.3 Å². The van der Waals surface area contributed by atoms with Crippen LogP contribution < -0.4 is 0 Å². The van der Waals surface area contributed by atoms with Crippen molar-refractivity contribution in [3.8, 4) is 11.3 Å². The van der Waals surface area contributed by atoms with E-state index < -0.39 is 23.3 Å². The van der Waals surface area contributed by atoms with Crippen molar-refractivity contribution in [2.75, 3.05) is 6.61 Å². The zero-order valence-electron chi connectivity index (χ0n) is 13.5. The molecule has 0 radical (unpaired) electrons. The van der Waals surface area contributed by atoms with Crippen LogP contribution in [0.15, 0.2) is 71.3 Å². The molecule has 0 atom stereocenters. The zero-order chi connectivity index (χ0) is 18.5. The Balaban J connectivity index is 1.67. The summed E-state index contributed by atoms with van der Waals surface area (Å²) in [7, 11) is 0. The number of ether oxygens (including phenoxy) is 1. The molecule has 7 nitrogen and oxygen atoms in total. The van der Waals surface area contributed by atoms with E-state index >= 15 is 0 Å². The van der Waals surface area contributed by atoms with E-state index in [9.17, 15) is 19.7 Å². The molecule has 0 fully saturated rings. The molecule has 0 aliphatic rings. The second-order valence-electron chi connectivity index (χ2n) is 5.36. The molecule has 0 spiro atoms. The quantitative estimate of drug-likeness (QED) is 0.289. The highest BCUT2D eigenvalue weighted by molar-refractivity contribution is 6.00. The molecule has 0 aliphatic heterocycles. The third-order valence-corrected chi connectivity index (χ3v) is 3.62. The van der Waals surface area contributed by atoms with E-state index in [1.165, 1.54) is 24.5 Å². The summed E-state index contributed by atoms with van der Waals surface area (Å²) in [4.78, 5) is 34.4. The van der Waals surface area contributed by atoms with Crippen molar-refractivity contribution in [1.29, 1.82) is 0 Å². The normalized spacial score (nSPS) is 10.3. The van der Waals surface area contributed by atoms with Gasteiger partial charge in [-0.15, -0.1) is 0 Å². The van der Waals surface area contributed by atoms with Crippen molar-refractivity contribution in [1.82, 2.24) is 0 Å². The van der Waals surface area contributed by atoms with Crippen molar-refractivity contribution < 1.29 is 23.7 Å². The van der Waals surface area contributed by atoms with Gasteiger partial charge < -0.3 is 9.15 Å². The number of hydrogen-bond donors (Lipinski definition) is 0. The van der Waals surface area contributed by atoms with Crippen molar-refractivity contribution >= 4 is 17.4 Å².